The van der Waals surface area contributed by atoms with Crippen LogP contribution in [0.15, 0.2) is 35.1 Å². The summed E-state index contributed by atoms with van der Waals surface area (Å²) in [6.07, 6.45) is -0.735. The van der Waals surface area contributed by atoms with Crippen LogP contribution in [0.5, 0.6) is 5.88 Å². The van der Waals surface area contributed by atoms with Gasteiger partial charge in [-0.1, -0.05) is 22.9 Å². The Labute approximate surface area is 195 Å². The number of anilines is 1. The molecule has 1 fully saturated rings. The highest BCUT2D eigenvalue weighted by atomic mass is 16.7. The molecule has 0 saturated carbocycles. The summed E-state index contributed by atoms with van der Waals surface area (Å²) >= 11 is 0. The summed E-state index contributed by atoms with van der Waals surface area (Å²) in [5.74, 6) is -1.04. The molecule has 34 heavy (non-hydrogen) atoms. The Morgan fingerprint density at radius 2 is 1.79 bits per heavy atom. The van der Waals surface area contributed by atoms with Crippen molar-refractivity contribution >= 4 is 23.8 Å². The second-order valence-corrected chi connectivity index (χ2v) is 8.86. The lowest BCUT2D eigenvalue weighted by Crippen LogP contribution is -2.45. The van der Waals surface area contributed by atoms with Gasteiger partial charge in [0.15, 0.2) is 0 Å². The molecule has 0 bridgehead atoms. The Morgan fingerprint density at radius 3 is 2.41 bits per heavy atom. The number of aromatic hydroxyl groups is 1. The van der Waals surface area contributed by atoms with E-state index in [4.69, 9.17) is 9.57 Å². The Morgan fingerprint density at radius 1 is 1.15 bits per heavy atom. The van der Waals surface area contributed by atoms with Gasteiger partial charge in [0.2, 0.25) is 5.91 Å². The van der Waals surface area contributed by atoms with Gasteiger partial charge in [-0.2, -0.15) is 0 Å². The summed E-state index contributed by atoms with van der Waals surface area (Å²) in [6.45, 7) is 5.33. The minimum atomic E-state index is -0.885. The van der Waals surface area contributed by atoms with Gasteiger partial charge in [0.1, 0.15) is 11.3 Å². The SMILES string of the molecule is CC(C)(C)OC(=O)NCc1[nH]c(=O)n(OC(=O)N2CCC(C(=O)Nc3ccccc3)CC2)c1O. The number of nitrogens with one attached hydrogen (secondary N) is 3. The second kappa shape index (κ2) is 10.3. The molecule has 0 aliphatic carbocycles. The number of aromatic nitrogens is 2. The van der Waals surface area contributed by atoms with Crippen LogP contribution in [0.2, 0.25) is 0 Å². The fourth-order valence-corrected chi connectivity index (χ4v) is 3.36. The van der Waals surface area contributed by atoms with Crippen molar-refractivity contribution in [2.24, 2.45) is 5.92 Å². The minimum Gasteiger partial charge on any atom is -0.491 e. The van der Waals surface area contributed by atoms with Crippen LogP contribution in [0.25, 0.3) is 0 Å². The number of nitrogens with zero attached hydrogens (tertiary/aromatic N) is 2. The van der Waals surface area contributed by atoms with Crippen molar-refractivity contribution in [2.45, 2.75) is 45.8 Å². The van der Waals surface area contributed by atoms with E-state index in [1.807, 2.05) is 18.2 Å². The molecule has 12 nitrogen and oxygen atoms in total. The number of piperidine rings is 1. The maximum absolute atomic E-state index is 12.5. The molecule has 1 aliphatic rings. The van der Waals surface area contributed by atoms with Gasteiger partial charge in [-0.3, -0.25) is 4.79 Å². The third-order valence-electron chi connectivity index (χ3n) is 5.05. The molecule has 0 radical (unpaired) electrons. The summed E-state index contributed by atoms with van der Waals surface area (Å²) in [4.78, 5) is 57.5. The standard InChI is InChI=1S/C22H29N5O7/c1-22(2,3)33-20(31)23-13-16-18(29)27(19(30)25-16)34-21(32)26-11-9-14(10-12-26)17(28)24-15-7-5-4-6-8-15/h4-8,14,29H,9-13H2,1-3H3,(H,23,31)(H,24,28)(H,25,30). The number of H-pyrrole nitrogens is 1. The fourth-order valence-electron chi connectivity index (χ4n) is 3.36. The van der Waals surface area contributed by atoms with Crippen LogP contribution >= 0.6 is 0 Å². The minimum absolute atomic E-state index is 0.0556. The molecule has 184 valence electrons. The number of imidazole rings is 1. The van der Waals surface area contributed by atoms with Crippen LogP contribution in [-0.4, -0.2) is 56.5 Å². The summed E-state index contributed by atoms with van der Waals surface area (Å²) in [6, 6.07) is 9.09. The fraction of sp³-hybridized carbons (Fsp3) is 0.455. The quantitative estimate of drug-likeness (QED) is 0.514. The number of hydrogen-bond acceptors (Lipinski definition) is 7. The molecule has 1 aromatic heterocycles. The molecule has 0 unspecified atom stereocenters. The third-order valence-corrected chi connectivity index (χ3v) is 5.05. The molecule has 1 aliphatic heterocycles. The lowest BCUT2D eigenvalue weighted by molar-refractivity contribution is -0.121. The molecule has 0 spiro atoms. The zero-order valence-electron chi connectivity index (χ0n) is 19.3. The predicted octanol–water partition coefficient (Wildman–Crippen LogP) is 1.81. The van der Waals surface area contributed by atoms with E-state index in [0.29, 0.717) is 23.3 Å². The Hall–Kier alpha value is -3.96. The molecular formula is C22H29N5O7. The van der Waals surface area contributed by atoms with E-state index in [2.05, 4.69) is 15.6 Å². The number of carbonyl (C=O) groups excluding carboxylic acids is 3. The summed E-state index contributed by atoms with van der Waals surface area (Å²) in [7, 11) is 0. The Balaban J connectivity index is 1.52. The summed E-state index contributed by atoms with van der Waals surface area (Å²) in [5.41, 5.74) is -0.950. The van der Waals surface area contributed by atoms with Crippen LogP contribution in [0.1, 0.15) is 39.3 Å². The lowest BCUT2D eigenvalue weighted by Gasteiger charge is -2.30. The van der Waals surface area contributed by atoms with Crippen molar-refractivity contribution in [3.05, 3.63) is 46.5 Å². The van der Waals surface area contributed by atoms with Crippen molar-refractivity contribution in [1.29, 1.82) is 0 Å². The summed E-state index contributed by atoms with van der Waals surface area (Å²) in [5, 5.41) is 15.5. The topological polar surface area (TPSA) is 155 Å². The van der Waals surface area contributed by atoms with Gasteiger partial charge in [-0.15, -0.1) is 0 Å². The highest BCUT2D eigenvalue weighted by Crippen LogP contribution is 2.20. The Kier molecular flexibility index (Phi) is 7.49. The normalized spacial score (nSPS) is 14.4. The maximum atomic E-state index is 12.5. The van der Waals surface area contributed by atoms with E-state index in [0.717, 1.165) is 0 Å². The number of carbonyl (C=O) groups is 3. The van der Waals surface area contributed by atoms with Crippen molar-refractivity contribution < 1.29 is 29.1 Å². The van der Waals surface area contributed by atoms with Crippen molar-refractivity contribution in [3.63, 3.8) is 0 Å². The number of likely N-dealkylation sites (tertiary alicyclic amines) is 1. The largest absolute Gasteiger partial charge is 0.491 e. The monoisotopic (exact) mass is 475 g/mol. The van der Waals surface area contributed by atoms with Crippen molar-refractivity contribution in [3.8, 4) is 5.88 Å². The number of hydrogen-bond donors (Lipinski definition) is 4. The van der Waals surface area contributed by atoms with E-state index < -0.39 is 29.4 Å². The first-order valence-electron chi connectivity index (χ1n) is 10.9. The number of aromatic amines is 1. The third kappa shape index (κ3) is 6.53. The van der Waals surface area contributed by atoms with Crippen LogP contribution in [0.3, 0.4) is 0 Å². The first-order valence-corrected chi connectivity index (χ1v) is 10.9. The smallest absolute Gasteiger partial charge is 0.434 e. The van der Waals surface area contributed by atoms with Crippen LogP contribution in [0.4, 0.5) is 15.3 Å². The zero-order chi connectivity index (χ0) is 24.9. The molecule has 4 N–H and O–H groups in total. The molecule has 1 saturated heterocycles. The maximum Gasteiger partial charge on any atom is 0.434 e. The zero-order valence-corrected chi connectivity index (χ0v) is 19.3. The van der Waals surface area contributed by atoms with Gasteiger partial charge in [0.05, 0.1) is 6.54 Å². The number of ether oxygens (including phenoxy) is 1. The average Bonchev–Trinajstić information content (AvgIpc) is 3.05. The van der Waals surface area contributed by atoms with E-state index in [9.17, 15) is 24.3 Å². The first kappa shape index (κ1) is 24.7. The van der Waals surface area contributed by atoms with E-state index in [1.54, 1.807) is 32.9 Å². The molecule has 0 atom stereocenters. The number of para-hydroxylation sites is 1. The molecule has 12 heteroatoms. The number of benzene rings is 1. The molecular weight excluding hydrogens is 446 g/mol. The molecule has 2 aromatic rings. The average molecular weight is 476 g/mol. The number of amides is 3. The van der Waals surface area contributed by atoms with E-state index in [-0.39, 0.29) is 37.2 Å². The van der Waals surface area contributed by atoms with Gasteiger partial charge in [-0.05, 0) is 45.7 Å². The van der Waals surface area contributed by atoms with Gasteiger partial charge < -0.3 is 35.2 Å². The summed E-state index contributed by atoms with van der Waals surface area (Å²) < 4.78 is 5.51. The lowest BCUT2D eigenvalue weighted by atomic mass is 9.96. The van der Waals surface area contributed by atoms with Gasteiger partial charge in [0, 0.05) is 24.7 Å². The van der Waals surface area contributed by atoms with Crippen molar-refractivity contribution in [2.75, 3.05) is 18.4 Å². The predicted molar refractivity (Wildman–Crippen MR) is 121 cm³/mol. The van der Waals surface area contributed by atoms with Crippen molar-refractivity contribution in [1.82, 2.24) is 19.9 Å². The van der Waals surface area contributed by atoms with E-state index in [1.165, 1.54) is 4.90 Å². The van der Waals surface area contributed by atoms with E-state index >= 15 is 0 Å². The van der Waals surface area contributed by atoms with Gasteiger partial charge in [0.25, 0.3) is 5.88 Å². The molecule has 3 rings (SSSR count). The highest BCUT2D eigenvalue weighted by Gasteiger charge is 2.29. The Bertz CT molecular complexity index is 1080. The molecule has 2 heterocycles. The van der Waals surface area contributed by atoms with Crippen LogP contribution in [0, 0.1) is 5.92 Å². The van der Waals surface area contributed by atoms with Gasteiger partial charge in [-0.25, -0.2) is 14.4 Å². The van der Waals surface area contributed by atoms with Crippen LogP contribution < -0.4 is 21.2 Å². The second-order valence-electron chi connectivity index (χ2n) is 8.86. The number of rotatable bonds is 5. The molecule has 3 amide bonds. The van der Waals surface area contributed by atoms with Crippen LogP contribution in [-0.2, 0) is 16.1 Å². The molecule has 1 aromatic carbocycles. The first-order chi connectivity index (χ1) is 16.0. The van der Waals surface area contributed by atoms with Gasteiger partial charge >= 0.3 is 17.9 Å². The highest BCUT2D eigenvalue weighted by molar-refractivity contribution is 5.92. The number of alkyl carbamates (subject to hydrolysis) is 1.